The molecule has 0 unspecified atom stereocenters. The van der Waals surface area contributed by atoms with Crippen molar-refractivity contribution in [2.24, 2.45) is 0 Å². The van der Waals surface area contributed by atoms with Crippen molar-refractivity contribution < 1.29 is 5.11 Å². The Hall–Kier alpha value is -0.540. The highest BCUT2D eigenvalue weighted by molar-refractivity contribution is 9.10. The van der Waals surface area contributed by atoms with Crippen LogP contribution in [-0.4, -0.2) is 17.7 Å². The number of benzene rings is 1. The molecule has 0 atom stereocenters. The molecule has 0 heterocycles. The predicted octanol–water partition coefficient (Wildman–Crippen LogP) is 3.71. The fraction of sp³-hybridized carbons (Fsp3) is 0.571. The van der Waals surface area contributed by atoms with E-state index < -0.39 is 0 Å². The number of halogens is 1. The van der Waals surface area contributed by atoms with E-state index >= 15 is 0 Å². The molecule has 0 radical (unpaired) electrons. The summed E-state index contributed by atoms with van der Waals surface area (Å²) in [6.45, 7) is 3.36. The van der Waals surface area contributed by atoms with Crippen LogP contribution in [0.2, 0.25) is 0 Å². The Labute approximate surface area is 112 Å². The molecule has 2 nitrogen and oxygen atoms in total. The molecule has 3 heteroatoms. The lowest BCUT2D eigenvalue weighted by Crippen LogP contribution is -2.32. The zero-order valence-corrected chi connectivity index (χ0v) is 11.9. The third-order valence-corrected chi connectivity index (χ3v) is 4.38. The second-order valence-electron chi connectivity index (χ2n) is 4.66. The van der Waals surface area contributed by atoms with Gasteiger partial charge in [0.2, 0.25) is 0 Å². The van der Waals surface area contributed by atoms with Gasteiger partial charge in [0.1, 0.15) is 0 Å². The molecule has 1 aliphatic carbocycles. The average Bonchev–Trinajstić information content (AvgIpc) is 2.84. The molecule has 1 aliphatic rings. The minimum atomic E-state index is 0.0937. The van der Waals surface area contributed by atoms with E-state index in [1.54, 1.807) is 0 Å². The number of aliphatic hydroxyl groups excluding tert-OH is 1. The molecular weight excluding hydrogens is 278 g/mol. The first kappa shape index (κ1) is 12.9. The maximum Gasteiger partial charge on any atom is 0.0692 e. The van der Waals surface area contributed by atoms with E-state index in [2.05, 4.69) is 39.9 Å². The maximum atomic E-state index is 9.17. The van der Waals surface area contributed by atoms with Crippen molar-refractivity contribution in [1.82, 2.24) is 0 Å². The Morgan fingerprint density at radius 2 is 2.06 bits per heavy atom. The molecule has 0 aliphatic heterocycles. The van der Waals surface area contributed by atoms with E-state index in [1.165, 1.54) is 31.4 Å². The molecule has 1 fully saturated rings. The quantitative estimate of drug-likeness (QED) is 0.916. The summed E-state index contributed by atoms with van der Waals surface area (Å²) >= 11 is 3.53. The molecule has 0 amide bonds. The van der Waals surface area contributed by atoms with Gasteiger partial charge in [-0.1, -0.05) is 34.8 Å². The first-order valence-electron chi connectivity index (χ1n) is 6.42. The largest absolute Gasteiger partial charge is 0.392 e. The Kier molecular flexibility index (Phi) is 4.46. The third kappa shape index (κ3) is 2.83. The van der Waals surface area contributed by atoms with E-state index in [0.29, 0.717) is 6.04 Å². The molecule has 1 N–H and O–H groups in total. The summed E-state index contributed by atoms with van der Waals surface area (Å²) in [6, 6.07) is 6.97. The maximum absolute atomic E-state index is 9.17. The van der Waals surface area contributed by atoms with Gasteiger partial charge in [-0.2, -0.15) is 0 Å². The van der Waals surface area contributed by atoms with Crippen LogP contribution < -0.4 is 4.90 Å². The summed E-state index contributed by atoms with van der Waals surface area (Å²) in [4.78, 5) is 2.49. The number of aliphatic hydroxyl groups is 1. The van der Waals surface area contributed by atoms with E-state index in [0.717, 1.165) is 16.6 Å². The topological polar surface area (TPSA) is 23.5 Å². The van der Waals surface area contributed by atoms with Crippen molar-refractivity contribution in [2.45, 2.75) is 45.3 Å². The van der Waals surface area contributed by atoms with Gasteiger partial charge >= 0.3 is 0 Å². The average molecular weight is 298 g/mol. The zero-order chi connectivity index (χ0) is 12.3. The van der Waals surface area contributed by atoms with Crippen LogP contribution in [0.5, 0.6) is 0 Å². The van der Waals surface area contributed by atoms with Crippen LogP contribution in [0.3, 0.4) is 0 Å². The van der Waals surface area contributed by atoms with Crippen molar-refractivity contribution in [1.29, 1.82) is 0 Å². The van der Waals surface area contributed by atoms with Gasteiger partial charge in [0, 0.05) is 22.7 Å². The summed E-state index contributed by atoms with van der Waals surface area (Å²) in [6.07, 6.45) is 5.34. The van der Waals surface area contributed by atoms with Crippen molar-refractivity contribution >= 4 is 21.6 Å². The van der Waals surface area contributed by atoms with Crippen molar-refractivity contribution in [3.63, 3.8) is 0 Å². The highest BCUT2D eigenvalue weighted by atomic mass is 79.9. The van der Waals surface area contributed by atoms with Crippen LogP contribution in [0, 0.1) is 0 Å². The lowest BCUT2D eigenvalue weighted by atomic mass is 10.1. The molecule has 0 saturated heterocycles. The summed E-state index contributed by atoms with van der Waals surface area (Å²) < 4.78 is 1.01. The fourth-order valence-electron chi connectivity index (χ4n) is 2.71. The lowest BCUT2D eigenvalue weighted by molar-refractivity contribution is 0.281. The van der Waals surface area contributed by atoms with Gasteiger partial charge in [-0.15, -0.1) is 0 Å². The van der Waals surface area contributed by atoms with Crippen molar-refractivity contribution in [2.75, 3.05) is 11.4 Å². The summed E-state index contributed by atoms with van der Waals surface area (Å²) in [7, 11) is 0. The van der Waals surface area contributed by atoms with Gasteiger partial charge in [0.05, 0.1) is 6.61 Å². The Morgan fingerprint density at radius 3 is 2.59 bits per heavy atom. The van der Waals surface area contributed by atoms with Crippen molar-refractivity contribution in [3.8, 4) is 0 Å². The monoisotopic (exact) mass is 297 g/mol. The molecule has 0 bridgehead atoms. The molecule has 0 aromatic heterocycles. The first-order chi connectivity index (χ1) is 8.26. The normalized spacial score (nSPS) is 16.4. The van der Waals surface area contributed by atoms with E-state index in [1.807, 2.05) is 6.07 Å². The van der Waals surface area contributed by atoms with Crippen LogP contribution in [-0.2, 0) is 6.61 Å². The first-order valence-corrected chi connectivity index (χ1v) is 7.21. The zero-order valence-electron chi connectivity index (χ0n) is 10.3. The predicted molar refractivity (Wildman–Crippen MR) is 75.3 cm³/mol. The summed E-state index contributed by atoms with van der Waals surface area (Å²) in [5.74, 6) is 0. The van der Waals surface area contributed by atoms with Crippen LogP contribution in [0.15, 0.2) is 22.7 Å². The summed E-state index contributed by atoms with van der Waals surface area (Å²) in [5, 5.41) is 9.17. The minimum absolute atomic E-state index is 0.0937. The second-order valence-corrected chi connectivity index (χ2v) is 5.51. The molecule has 94 valence electrons. The third-order valence-electron chi connectivity index (χ3n) is 3.64. The van der Waals surface area contributed by atoms with Gasteiger partial charge < -0.3 is 10.0 Å². The summed E-state index contributed by atoms with van der Waals surface area (Å²) in [5.41, 5.74) is 2.22. The van der Waals surface area contributed by atoms with Gasteiger partial charge in [-0.3, -0.25) is 0 Å². The van der Waals surface area contributed by atoms with Crippen LogP contribution >= 0.6 is 15.9 Å². The molecule has 1 aromatic carbocycles. The van der Waals surface area contributed by atoms with Crippen molar-refractivity contribution in [3.05, 3.63) is 28.2 Å². The van der Waals surface area contributed by atoms with Gasteiger partial charge in [0.15, 0.2) is 0 Å². The van der Waals surface area contributed by atoms with E-state index in [-0.39, 0.29) is 6.61 Å². The lowest BCUT2D eigenvalue weighted by Gasteiger charge is -2.30. The highest BCUT2D eigenvalue weighted by Crippen LogP contribution is 2.30. The number of nitrogens with zero attached hydrogens (tertiary/aromatic N) is 1. The van der Waals surface area contributed by atoms with Gasteiger partial charge in [-0.05, 0) is 37.5 Å². The minimum Gasteiger partial charge on any atom is -0.392 e. The number of anilines is 1. The molecule has 1 aromatic rings. The SMILES string of the molecule is CCN(c1ccc(CO)c(Br)c1)C1CCCC1. The second kappa shape index (κ2) is 5.87. The number of hydrogen-bond donors (Lipinski definition) is 1. The van der Waals surface area contributed by atoms with Crippen LogP contribution in [0.1, 0.15) is 38.2 Å². The van der Waals surface area contributed by atoms with Gasteiger partial charge in [-0.25, -0.2) is 0 Å². The van der Waals surface area contributed by atoms with Gasteiger partial charge in [0.25, 0.3) is 0 Å². The molecular formula is C14H20BrNO. The molecule has 0 spiro atoms. The highest BCUT2D eigenvalue weighted by Gasteiger charge is 2.21. The van der Waals surface area contributed by atoms with Crippen LogP contribution in [0.4, 0.5) is 5.69 Å². The molecule has 2 rings (SSSR count). The fourth-order valence-corrected chi connectivity index (χ4v) is 3.20. The van der Waals surface area contributed by atoms with E-state index in [4.69, 9.17) is 0 Å². The number of rotatable bonds is 4. The Balaban J connectivity index is 2.21. The molecule has 1 saturated carbocycles. The Morgan fingerprint density at radius 1 is 1.35 bits per heavy atom. The van der Waals surface area contributed by atoms with E-state index in [9.17, 15) is 5.11 Å². The van der Waals surface area contributed by atoms with Crippen LogP contribution in [0.25, 0.3) is 0 Å². The standard InChI is InChI=1S/C14H20BrNO/c1-2-16(12-5-3-4-6-12)13-8-7-11(10-17)14(15)9-13/h7-9,12,17H,2-6,10H2,1H3. The Bertz CT molecular complexity index is 374. The molecule has 17 heavy (non-hydrogen) atoms. The number of hydrogen-bond acceptors (Lipinski definition) is 2. The smallest absolute Gasteiger partial charge is 0.0692 e.